The zero-order chi connectivity index (χ0) is 25.7. The molecule has 0 fully saturated rings. The smallest absolute Gasteiger partial charge is 0.345 e. The minimum atomic E-state index is -0.523. The Labute approximate surface area is 217 Å². The van der Waals surface area contributed by atoms with Crippen molar-refractivity contribution in [2.45, 2.75) is 12.1 Å². The van der Waals surface area contributed by atoms with Crippen molar-refractivity contribution in [3.05, 3.63) is 91.4 Å². The summed E-state index contributed by atoms with van der Waals surface area (Å²) >= 11 is 2.44. The lowest BCUT2D eigenvalue weighted by Gasteiger charge is -2.15. The number of fused-ring (bicyclic) bond motifs is 3. The Morgan fingerprint density at radius 1 is 1.14 bits per heavy atom. The number of aryl methyl sites for hydroxylation is 1. The number of benzene rings is 2. The Morgan fingerprint density at radius 2 is 1.92 bits per heavy atom. The first kappa shape index (κ1) is 23.2. The number of carbonyl (C=O) groups excluding carboxylic acids is 1. The second-order valence-electron chi connectivity index (χ2n) is 8.22. The second-order valence-corrected chi connectivity index (χ2v) is 10.2. The molecule has 0 spiro atoms. The largest absolute Gasteiger partial charge is 0.495 e. The van der Waals surface area contributed by atoms with Crippen molar-refractivity contribution in [3.8, 4) is 5.75 Å². The summed E-state index contributed by atoms with van der Waals surface area (Å²) in [6, 6.07) is 16.0. The molecular weight excluding hydrogens is 512 g/mol. The summed E-state index contributed by atoms with van der Waals surface area (Å²) in [6.45, 7) is 1.71. The van der Waals surface area contributed by atoms with Crippen molar-refractivity contribution in [3.63, 3.8) is 0 Å². The quantitative estimate of drug-likeness (QED) is 0.269. The number of methoxy groups -OCH3 is 1. The lowest BCUT2D eigenvalue weighted by atomic mass is 10.1. The molecule has 184 valence electrons. The molecule has 11 heteroatoms. The Kier molecular flexibility index (Phi) is 5.65. The van der Waals surface area contributed by atoms with Crippen LogP contribution in [0, 0.1) is 6.92 Å². The van der Waals surface area contributed by atoms with Crippen molar-refractivity contribution < 1.29 is 13.9 Å². The first-order chi connectivity index (χ1) is 17.9. The van der Waals surface area contributed by atoms with Crippen LogP contribution in [0.4, 0.5) is 5.69 Å². The zero-order valence-corrected chi connectivity index (χ0v) is 21.2. The molecule has 0 bridgehead atoms. The molecule has 0 radical (unpaired) electrons. The van der Waals surface area contributed by atoms with E-state index in [9.17, 15) is 14.4 Å². The third-order valence-corrected chi connectivity index (χ3v) is 8.11. The first-order valence-electron chi connectivity index (χ1n) is 11.2. The Morgan fingerprint density at radius 3 is 2.76 bits per heavy atom. The van der Waals surface area contributed by atoms with E-state index in [0.29, 0.717) is 59.9 Å². The number of thioether (sulfide) groups is 1. The van der Waals surface area contributed by atoms with Crippen LogP contribution in [-0.4, -0.2) is 34.1 Å². The maximum atomic E-state index is 13.5. The topological polar surface area (TPSA) is 116 Å². The predicted molar refractivity (Wildman–Crippen MR) is 145 cm³/mol. The van der Waals surface area contributed by atoms with Gasteiger partial charge in [0.15, 0.2) is 5.16 Å². The van der Waals surface area contributed by atoms with Gasteiger partial charge >= 0.3 is 5.63 Å². The van der Waals surface area contributed by atoms with Crippen molar-refractivity contribution in [1.29, 1.82) is 0 Å². The van der Waals surface area contributed by atoms with Crippen molar-refractivity contribution in [2.75, 3.05) is 18.2 Å². The van der Waals surface area contributed by atoms with Crippen LogP contribution in [0.2, 0.25) is 0 Å². The van der Waals surface area contributed by atoms with E-state index in [1.54, 1.807) is 43.3 Å². The van der Waals surface area contributed by atoms with E-state index in [1.165, 1.54) is 23.5 Å². The fourth-order valence-electron chi connectivity index (χ4n) is 4.16. The normalized spacial score (nSPS) is 12.9. The van der Waals surface area contributed by atoms with E-state index < -0.39 is 11.2 Å². The van der Waals surface area contributed by atoms with Gasteiger partial charge in [0, 0.05) is 11.1 Å². The van der Waals surface area contributed by atoms with Gasteiger partial charge in [0.25, 0.3) is 11.5 Å². The number of thiophene rings is 1. The van der Waals surface area contributed by atoms with Gasteiger partial charge in [-0.3, -0.25) is 9.59 Å². The second kappa shape index (κ2) is 9.02. The van der Waals surface area contributed by atoms with Gasteiger partial charge in [0.05, 0.1) is 34.3 Å². The number of nitrogens with zero attached hydrogens (tertiary/aromatic N) is 3. The molecule has 1 aliphatic heterocycles. The van der Waals surface area contributed by atoms with Gasteiger partial charge < -0.3 is 14.5 Å². The molecule has 6 rings (SSSR count). The molecule has 0 saturated heterocycles. The van der Waals surface area contributed by atoms with E-state index in [2.05, 4.69) is 15.4 Å². The van der Waals surface area contributed by atoms with Crippen molar-refractivity contribution in [1.82, 2.24) is 9.66 Å². The molecule has 5 aromatic rings. The summed E-state index contributed by atoms with van der Waals surface area (Å²) in [7, 11) is 1.53. The predicted octanol–water partition coefficient (Wildman–Crippen LogP) is 4.49. The number of hydrogen-bond acceptors (Lipinski definition) is 9. The highest BCUT2D eigenvalue weighted by atomic mass is 32.2. The highest BCUT2D eigenvalue weighted by molar-refractivity contribution is 7.99. The number of amides is 1. The highest BCUT2D eigenvalue weighted by Gasteiger charge is 2.25. The number of aromatic nitrogens is 2. The van der Waals surface area contributed by atoms with Gasteiger partial charge in [-0.15, -0.1) is 11.3 Å². The Balaban J connectivity index is 1.43. The minimum Gasteiger partial charge on any atom is -0.495 e. The fraction of sp³-hybridized carbons (Fsp3) is 0.115. The molecule has 4 heterocycles. The van der Waals surface area contributed by atoms with Crippen molar-refractivity contribution in [2.24, 2.45) is 5.10 Å². The number of para-hydroxylation sites is 3. The van der Waals surface area contributed by atoms with E-state index in [4.69, 9.17) is 9.15 Å². The molecule has 9 nitrogen and oxygen atoms in total. The Hall–Kier alpha value is -4.22. The number of ether oxygens (including phenoxy) is 1. The zero-order valence-electron chi connectivity index (χ0n) is 19.6. The maximum Gasteiger partial charge on any atom is 0.345 e. The number of carbonyl (C=O) groups is 1. The summed E-state index contributed by atoms with van der Waals surface area (Å²) in [5.41, 5.74) is 1.30. The summed E-state index contributed by atoms with van der Waals surface area (Å²) in [4.78, 5) is 44.7. The molecule has 0 unspecified atom stereocenters. The van der Waals surface area contributed by atoms with Crippen LogP contribution >= 0.6 is 23.1 Å². The minimum absolute atomic E-state index is 0.294. The van der Waals surface area contributed by atoms with E-state index >= 15 is 0 Å². The van der Waals surface area contributed by atoms with Gasteiger partial charge in [-0.2, -0.15) is 9.78 Å². The van der Waals surface area contributed by atoms with Crippen LogP contribution < -0.4 is 21.2 Å². The summed E-state index contributed by atoms with van der Waals surface area (Å²) in [5, 5.41) is 8.80. The maximum absolute atomic E-state index is 13.5. The molecule has 37 heavy (non-hydrogen) atoms. The third kappa shape index (κ3) is 3.92. The van der Waals surface area contributed by atoms with Crippen LogP contribution in [0.3, 0.4) is 0 Å². The van der Waals surface area contributed by atoms with E-state index in [1.807, 2.05) is 18.2 Å². The third-order valence-electron chi connectivity index (χ3n) is 5.99. The van der Waals surface area contributed by atoms with Crippen LogP contribution in [0.5, 0.6) is 5.75 Å². The fourth-order valence-corrected chi connectivity index (χ4v) is 6.16. The summed E-state index contributed by atoms with van der Waals surface area (Å²) in [6.07, 6.45) is 0. The van der Waals surface area contributed by atoms with Gasteiger partial charge in [-0.05, 0) is 36.8 Å². The highest BCUT2D eigenvalue weighted by Crippen LogP contribution is 2.32. The molecule has 0 aliphatic carbocycles. The molecule has 2 aromatic carbocycles. The number of rotatable bonds is 4. The SMILES string of the molecule is COc1ccccc1NC(=O)c1sc2nc3n(c(=O)c2c1C)N=C(c1cc2ccccc2oc1=O)CS3. The van der Waals surface area contributed by atoms with Gasteiger partial charge in [-0.1, -0.05) is 42.1 Å². The number of hydrogen-bond donors (Lipinski definition) is 1. The lowest BCUT2D eigenvalue weighted by molar-refractivity contribution is 0.102. The average molecular weight is 531 g/mol. The van der Waals surface area contributed by atoms with Crippen LogP contribution in [-0.2, 0) is 0 Å². The molecule has 1 aliphatic rings. The molecule has 1 amide bonds. The molecule has 3 aromatic heterocycles. The van der Waals surface area contributed by atoms with Crippen LogP contribution in [0.1, 0.15) is 20.8 Å². The summed E-state index contributed by atoms with van der Waals surface area (Å²) in [5.74, 6) is 0.504. The standard InChI is InChI=1S/C26H18N4O5S2/c1-13-20-23(37-21(13)22(31)27-16-8-4-6-10-19(16)34-2)28-26-30(24(20)32)29-17(12-36-26)15-11-14-7-3-5-9-18(14)35-25(15)33/h3-11H,12H2,1-2H3,(H,27,31). The molecule has 1 N–H and O–H groups in total. The average Bonchev–Trinajstić information content (AvgIpc) is 3.25. The van der Waals surface area contributed by atoms with Crippen LogP contribution in [0.25, 0.3) is 21.2 Å². The van der Waals surface area contributed by atoms with E-state index in [-0.39, 0.29) is 5.91 Å². The van der Waals surface area contributed by atoms with E-state index in [0.717, 1.165) is 16.7 Å². The molecular formula is C26H18N4O5S2. The Bertz CT molecular complexity index is 1890. The molecule has 0 atom stereocenters. The van der Waals surface area contributed by atoms with Gasteiger partial charge in [0.2, 0.25) is 0 Å². The van der Waals surface area contributed by atoms with Gasteiger partial charge in [-0.25, -0.2) is 9.78 Å². The van der Waals surface area contributed by atoms with Crippen LogP contribution in [0.15, 0.2) is 78.9 Å². The lowest BCUT2D eigenvalue weighted by Crippen LogP contribution is -2.28. The van der Waals surface area contributed by atoms with Crippen molar-refractivity contribution >= 4 is 61.6 Å². The number of nitrogens with one attached hydrogen (secondary N) is 1. The molecule has 0 saturated carbocycles. The summed E-state index contributed by atoms with van der Waals surface area (Å²) < 4.78 is 12.0. The first-order valence-corrected chi connectivity index (χ1v) is 13.0. The van der Waals surface area contributed by atoms with Gasteiger partial charge in [0.1, 0.15) is 16.2 Å². The monoisotopic (exact) mass is 530 g/mol. The number of anilines is 1.